The van der Waals surface area contributed by atoms with E-state index in [0.717, 1.165) is 5.56 Å². The Labute approximate surface area is 140 Å². The van der Waals surface area contributed by atoms with Crippen molar-refractivity contribution in [2.45, 2.75) is 13.5 Å². The molecule has 0 N–H and O–H groups in total. The highest BCUT2D eigenvalue weighted by molar-refractivity contribution is 6.31. The fraction of sp³-hybridized carbons (Fsp3) is 0.125. The first-order valence-corrected chi connectivity index (χ1v) is 7.51. The smallest absolute Gasteiger partial charge is 0.283 e. The van der Waals surface area contributed by atoms with Crippen molar-refractivity contribution in [3.8, 4) is 11.7 Å². The molecule has 0 aliphatic heterocycles. The first kappa shape index (κ1) is 14.6. The molecule has 0 saturated heterocycles. The van der Waals surface area contributed by atoms with Gasteiger partial charge in [0.1, 0.15) is 6.54 Å². The number of nitrogens with zero attached hydrogens (tertiary/aromatic N) is 4. The molecule has 0 radical (unpaired) electrons. The van der Waals surface area contributed by atoms with E-state index in [9.17, 15) is 4.79 Å². The summed E-state index contributed by atoms with van der Waals surface area (Å²) in [6.45, 7) is 2.00. The van der Waals surface area contributed by atoms with Gasteiger partial charge in [0.25, 0.3) is 11.4 Å². The maximum absolute atomic E-state index is 12.5. The Balaban J connectivity index is 1.69. The van der Waals surface area contributed by atoms with Crippen LogP contribution < -0.4 is 5.56 Å². The van der Waals surface area contributed by atoms with Crippen molar-refractivity contribution in [2.75, 3.05) is 0 Å². The molecule has 0 amide bonds. The van der Waals surface area contributed by atoms with Gasteiger partial charge in [0.15, 0.2) is 5.76 Å². The van der Waals surface area contributed by atoms with Crippen LogP contribution in [-0.4, -0.2) is 19.7 Å². The molecule has 24 heavy (non-hydrogen) atoms. The van der Waals surface area contributed by atoms with Crippen LogP contribution in [-0.2, 0) is 6.54 Å². The molecule has 0 bridgehead atoms. The third-order valence-electron chi connectivity index (χ3n) is 3.62. The quantitative estimate of drug-likeness (QED) is 0.568. The predicted molar refractivity (Wildman–Crippen MR) is 86.9 cm³/mol. The van der Waals surface area contributed by atoms with Crippen molar-refractivity contribution < 1.29 is 8.83 Å². The standard InChI is InChI=1S/C16H11ClN4O3/c1-9-4-5-23-14(9)15-20-19-13(24-15)7-21-8-18-12-6-10(17)2-3-11(12)16(21)22/h2-6,8H,7H2,1H3. The summed E-state index contributed by atoms with van der Waals surface area (Å²) in [6.07, 6.45) is 2.99. The van der Waals surface area contributed by atoms with E-state index in [0.29, 0.717) is 21.7 Å². The Kier molecular flexibility index (Phi) is 3.42. The van der Waals surface area contributed by atoms with Gasteiger partial charge in [-0.25, -0.2) is 4.98 Å². The molecule has 7 nitrogen and oxygen atoms in total. The van der Waals surface area contributed by atoms with Crippen molar-refractivity contribution in [3.05, 3.63) is 63.7 Å². The number of hydrogen-bond acceptors (Lipinski definition) is 6. The zero-order chi connectivity index (χ0) is 16.7. The second-order valence-corrected chi connectivity index (χ2v) is 5.71. The van der Waals surface area contributed by atoms with Crippen LogP contribution in [0.5, 0.6) is 0 Å². The zero-order valence-corrected chi connectivity index (χ0v) is 13.3. The van der Waals surface area contributed by atoms with Crippen molar-refractivity contribution in [2.24, 2.45) is 0 Å². The molecule has 0 atom stereocenters. The minimum Gasteiger partial charge on any atom is -0.459 e. The van der Waals surface area contributed by atoms with E-state index in [1.807, 2.05) is 13.0 Å². The third kappa shape index (κ3) is 2.48. The van der Waals surface area contributed by atoms with E-state index in [1.54, 1.807) is 24.5 Å². The average Bonchev–Trinajstić information content (AvgIpc) is 3.18. The lowest BCUT2D eigenvalue weighted by molar-refractivity contribution is 0.464. The van der Waals surface area contributed by atoms with Gasteiger partial charge in [-0.2, -0.15) is 0 Å². The Bertz CT molecular complexity index is 1100. The van der Waals surface area contributed by atoms with Gasteiger partial charge >= 0.3 is 0 Å². The molecule has 4 aromatic rings. The zero-order valence-electron chi connectivity index (χ0n) is 12.6. The molecule has 3 heterocycles. The number of furan rings is 1. The lowest BCUT2D eigenvalue weighted by Crippen LogP contribution is -2.21. The highest BCUT2D eigenvalue weighted by atomic mass is 35.5. The summed E-state index contributed by atoms with van der Waals surface area (Å²) < 4.78 is 12.3. The van der Waals surface area contributed by atoms with E-state index in [-0.39, 0.29) is 23.9 Å². The third-order valence-corrected chi connectivity index (χ3v) is 3.85. The lowest BCUT2D eigenvalue weighted by atomic mass is 10.2. The van der Waals surface area contributed by atoms with Gasteiger partial charge in [-0.3, -0.25) is 9.36 Å². The Morgan fingerprint density at radius 2 is 2.12 bits per heavy atom. The number of fused-ring (bicyclic) bond motifs is 1. The summed E-state index contributed by atoms with van der Waals surface area (Å²) >= 11 is 5.91. The van der Waals surface area contributed by atoms with Gasteiger partial charge in [0, 0.05) is 10.6 Å². The largest absolute Gasteiger partial charge is 0.459 e. The van der Waals surface area contributed by atoms with Crippen molar-refractivity contribution in [3.63, 3.8) is 0 Å². The normalized spacial score (nSPS) is 11.2. The molecule has 0 aliphatic carbocycles. The molecular formula is C16H11ClN4O3. The first-order valence-electron chi connectivity index (χ1n) is 7.13. The van der Waals surface area contributed by atoms with Crippen LogP contribution >= 0.6 is 11.6 Å². The van der Waals surface area contributed by atoms with Crippen LogP contribution in [0.4, 0.5) is 0 Å². The molecule has 120 valence electrons. The van der Waals surface area contributed by atoms with Gasteiger partial charge in [-0.15, -0.1) is 10.2 Å². The maximum atomic E-state index is 12.5. The summed E-state index contributed by atoms with van der Waals surface area (Å²) in [5, 5.41) is 8.92. The van der Waals surface area contributed by atoms with Gasteiger partial charge in [-0.05, 0) is 31.2 Å². The Morgan fingerprint density at radius 1 is 1.25 bits per heavy atom. The Morgan fingerprint density at radius 3 is 2.92 bits per heavy atom. The van der Waals surface area contributed by atoms with Crippen LogP contribution in [0, 0.1) is 6.92 Å². The van der Waals surface area contributed by atoms with E-state index in [4.69, 9.17) is 20.4 Å². The summed E-state index contributed by atoms with van der Waals surface area (Å²) in [4.78, 5) is 16.7. The van der Waals surface area contributed by atoms with Gasteiger partial charge < -0.3 is 8.83 Å². The molecule has 0 aliphatic rings. The number of benzene rings is 1. The number of rotatable bonds is 3. The van der Waals surface area contributed by atoms with Gasteiger partial charge in [0.2, 0.25) is 5.89 Å². The van der Waals surface area contributed by atoms with Crippen LogP contribution in [0.2, 0.25) is 5.02 Å². The molecular weight excluding hydrogens is 332 g/mol. The summed E-state index contributed by atoms with van der Waals surface area (Å²) in [6, 6.07) is 6.76. The monoisotopic (exact) mass is 342 g/mol. The van der Waals surface area contributed by atoms with Crippen molar-refractivity contribution >= 4 is 22.5 Å². The molecule has 0 saturated carbocycles. The molecule has 8 heteroatoms. The number of halogens is 1. The average molecular weight is 343 g/mol. The number of aryl methyl sites for hydroxylation is 1. The highest BCUT2D eigenvalue weighted by Crippen LogP contribution is 2.22. The van der Waals surface area contributed by atoms with Crippen molar-refractivity contribution in [1.29, 1.82) is 0 Å². The minimum absolute atomic E-state index is 0.122. The van der Waals surface area contributed by atoms with E-state index in [1.165, 1.54) is 10.9 Å². The highest BCUT2D eigenvalue weighted by Gasteiger charge is 2.15. The molecule has 3 aromatic heterocycles. The predicted octanol–water partition coefficient (Wildman–Crippen LogP) is 3.05. The maximum Gasteiger partial charge on any atom is 0.283 e. The first-order chi connectivity index (χ1) is 11.6. The summed E-state index contributed by atoms with van der Waals surface area (Å²) in [5.41, 5.74) is 1.23. The van der Waals surface area contributed by atoms with Gasteiger partial charge in [0.05, 0.1) is 23.5 Å². The number of aromatic nitrogens is 4. The van der Waals surface area contributed by atoms with Crippen LogP contribution in [0.3, 0.4) is 0 Å². The van der Waals surface area contributed by atoms with Crippen molar-refractivity contribution in [1.82, 2.24) is 19.7 Å². The number of hydrogen-bond donors (Lipinski definition) is 0. The fourth-order valence-corrected chi connectivity index (χ4v) is 2.56. The second-order valence-electron chi connectivity index (χ2n) is 5.27. The Hall–Kier alpha value is -2.93. The molecule has 0 unspecified atom stereocenters. The van der Waals surface area contributed by atoms with E-state index in [2.05, 4.69) is 15.2 Å². The van der Waals surface area contributed by atoms with Gasteiger partial charge in [-0.1, -0.05) is 11.6 Å². The SMILES string of the molecule is Cc1ccoc1-c1nnc(Cn2cnc3cc(Cl)ccc3c2=O)o1. The fourth-order valence-electron chi connectivity index (χ4n) is 2.39. The van der Waals surface area contributed by atoms with E-state index < -0.39 is 0 Å². The van der Waals surface area contributed by atoms with Crippen LogP contribution in [0.1, 0.15) is 11.5 Å². The molecule has 0 spiro atoms. The second kappa shape index (κ2) is 5.61. The van der Waals surface area contributed by atoms with Crippen LogP contribution in [0.25, 0.3) is 22.6 Å². The molecule has 0 fully saturated rings. The molecule has 1 aromatic carbocycles. The van der Waals surface area contributed by atoms with Crippen LogP contribution in [0.15, 0.2) is 50.5 Å². The summed E-state index contributed by atoms with van der Waals surface area (Å²) in [5.74, 6) is 1.09. The van der Waals surface area contributed by atoms with E-state index >= 15 is 0 Å². The lowest BCUT2D eigenvalue weighted by Gasteiger charge is -2.03. The molecule has 4 rings (SSSR count). The minimum atomic E-state index is -0.203. The summed E-state index contributed by atoms with van der Waals surface area (Å²) in [7, 11) is 0. The topological polar surface area (TPSA) is 87.0 Å².